The molecule has 2 aromatic carbocycles. The summed E-state index contributed by atoms with van der Waals surface area (Å²) in [4.78, 5) is 4.83. The zero-order valence-electron chi connectivity index (χ0n) is 15.0. The number of sulfonamides is 1. The number of hydrogen-bond donors (Lipinski definition) is 1. The maximum atomic E-state index is 12.9. The smallest absolute Gasteiger partial charge is 0.261 e. The minimum atomic E-state index is -3.73. The Hall–Kier alpha value is -2.45. The Labute approximate surface area is 162 Å². The fourth-order valence-electron chi connectivity index (χ4n) is 3.06. The van der Waals surface area contributed by atoms with E-state index in [0.29, 0.717) is 11.4 Å². The van der Waals surface area contributed by atoms with E-state index in [0.717, 1.165) is 34.3 Å². The van der Waals surface area contributed by atoms with Crippen LogP contribution in [0.3, 0.4) is 0 Å². The molecular weight excluding hydrogens is 382 g/mol. The second kappa shape index (κ2) is 6.94. The third-order valence-electron chi connectivity index (χ3n) is 4.43. The summed E-state index contributed by atoms with van der Waals surface area (Å²) in [6.45, 7) is 2.74. The lowest BCUT2D eigenvalue weighted by Gasteiger charge is -2.13. The first kappa shape index (κ1) is 17.9. The van der Waals surface area contributed by atoms with Crippen LogP contribution in [0.5, 0.6) is 5.75 Å². The molecule has 0 saturated carbocycles. The van der Waals surface area contributed by atoms with E-state index in [2.05, 4.69) is 14.3 Å². The molecule has 0 spiro atoms. The summed E-state index contributed by atoms with van der Waals surface area (Å²) in [5, 5.41) is 0.966. The predicted octanol–water partition coefficient (Wildman–Crippen LogP) is 3.77. The molecule has 0 atom stereocenters. The molecule has 3 aromatic rings. The number of aromatic nitrogens is 2. The van der Waals surface area contributed by atoms with Gasteiger partial charge in [0.2, 0.25) is 0 Å². The number of thioether (sulfide) groups is 1. The highest BCUT2D eigenvalue weighted by atomic mass is 32.2. The van der Waals surface area contributed by atoms with Crippen molar-refractivity contribution in [1.82, 2.24) is 9.55 Å². The Kier molecular flexibility index (Phi) is 4.61. The van der Waals surface area contributed by atoms with Gasteiger partial charge in [-0.3, -0.25) is 4.72 Å². The first-order valence-corrected chi connectivity index (χ1v) is 10.9. The molecule has 1 aliphatic rings. The average Bonchev–Trinajstić information content (AvgIpc) is 3.23. The summed E-state index contributed by atoms with van der Waals surface area (Å²) in [7, 11) is -2.17. The van der Waals surface area contributed by atoms with Gasteiger partial charge >= 0.3 is 0 Å². The van der Waals surface area contributed by atoms with Crippen LogP contribution in [-0.4, -0.2) is 30.8 Å². The highest BCUT2D eigenvalue weighted by Gasteiger charge is 2.20. The highest BCUT2D eigenvalue weighted by Crippen LogP contribution is 2.33. The second-order valence-electron chi connectivity index (χ2n) is 6.23. The highest BCUT2D eigenvalue weighted by molar-refractivity contribution is 7.99. The molecular formula is C19H19N3O3S2. The van der Waals surface area contributed by atoms with E-state index in [1.54, 1.807) is 49.2 Å². The van der Waals surface area contributed by atoms with E-state index in [1.165, 1.54) is 0 Å². The van der Waals surface area contributed by atoms with E-state index in [9.17, 15) is 8.42 Å². The normalized spacial score (nSPS) is 13.4. The molecule has 0 unspecified atom stereocenters. The monoisotopic (exact) mass is 401 g/mol. The van der Waals surface area contributed by atoms with Crippen LogP contribution in [-0.2, 0) is 16.6 Å². The van der Waals surface area contributed by atoms with Crippen molar-refractivity contribution in [2.75, 3.05) is 17.6 Å². The molecule has 0 aliphatic carbocycles. The quantitative estimate of drug-likeness (QED) is 0.704. The topological polar surface area (TPSA) is 73.2 Å². The van der Waals surface area contributed by atoms with Crippen molar-refractivity contribution in [3.63, 3.8) is 0 Å². The molecule has 1 N–H and O–H groups in total. The molecule has 8 heteroatoms. The summed E-state index contributed by atoms with van der Waals surface area (Å²) in [6.07, 6.45) is 1.97. The maximum Gasteiger partial charge on any atom is 0.261 e. The minimum absolute atomic E-state index is 0.193. The number of benzene rings is 2. The minimum Gasteiger partial charge on any atom is -0.496 e. The summed E-state index contributed by atoms with van der Waals surface area (Å²) >= 11 is 1.71. The number of aryl methyl sites for hydroxylation is 2. The molecule has 0 bridgehead atoms. The Bertz CT molecular complexity index is 1090. The number of fused-ring (bicyclic) bond motifs is 1. The van der Waals surface area contributed by atoms with Gasteiger partial charge in [0.15, 0.2) is 5.16 Å². The predicted molar refractivity (Wildman–Crippen MR) is 107 cm³/mol. The van der Waals surface area contributed by atoms with Crippen LogP contribution in [0.4, 0.5) is 5.69 Å². The number of hydrogen-bond acceptors (Lipinski definition) is 5. The first-order chi connectivity index (χ1) is 13.0. The molecule has 0 saturated heterocycles. The number of methoxy groups -OCH3 is 1. The van der Waals surface area contributed by atoms with Crippen molar-refractivity contribution >= 4 is 27.5 Å². The number of nitrogens with one attached hydrogen (secondary N) is 1. The second-order valence-corrected chi connectivity index (χ2v) is 8.98. The van der Waals surface area contributed by atoms with Gasteiger partial charge in [-0.15, -0.1) is 0 Å². The molecule has 1 aromatic heterocycles. The van der Waals surface area contributed by atoms with Crippen molar-refractivity contribution in [2.24, 2.45) is 0 Å². The van der Waals surface area contributed by atoms with Crippen LogP contribution in [0.1, 0.15) is 5.56 Å². The summed E-state index contributed by atoms with van der Waals surface area (Å²) in [6, 6.07) is 12.1. The third-order valence-corrected chi connectivity index (χ3v) is 6.76. The van der Waals surface area contributed by atoms with E-state index in [-0.39, 0.29) is 4.90 Å². The largest absolute Gasteiger partial charge is 0.496 e. The van der Waals surface area contributed by atoms with E-state index >= 15 is 0 Å². The number of nitrogens with zero attached hydrogens (tertiary/aromatic N) is 2. The number of imidazole rings is 1. The van der Waals surface area contributed by atoms with E-state index in [1.807, 2.05) is 25.3 Å². The van der Waals surface area contributed by atoms with Crippen molar-refractivity contribution in [2.45, 2.75) is 23.5 Å². The molecule has 0 amide bonds. The number of rotatable bonds is 5. The molecule has 27 heavy (non-hydrogen) atoms. The van der Waals surface area contributed by atoms with Crippen LogP contribution in [0, 0.1) is 6.92 Å². The van der Waals surface area contributed by atoms with Gasteiger partial charge in [0.25, 0.3) is 10.0 Å². The van der Waals surface area contributed by atoms with Crippen molar-refractivity contribution in [3.8, 4) is 17.0 Å². The van der Waals surface area contributed by atoms with Gasteiger partial charge in [-0.2, -0.15) is 0 Å². The van der Waals surface area contributed by atoms with Gasteiger partial charge in [0.1, 0.15) is 5.75 Å². The van der Waals surface area contributed by atoms with E-state index in [4.69, 9.17) is 4.74 Å². The molecule has 6 nitrogen and oxygen atoms in total. The fraction of sp³-hybridized carbons (Fsp3) is 0.211. The first-order valence-electron chi connectivity index (χ1n) is 8.45. The van der Waals surface area contributed by atoms with Crippen molar-refractivity contribution in [3.05, 3.63) is 54.2 Å². The van der Waals surface area contributed by atoms with Crippen molar-refractivity contribution < 1.29 is 13.2 Å². The molecule has 0 fully saturated rings. The Morgan fingerprint density at radius 1 is 1.22 bits per heavy atom. The van der Waals surface area contributed by atoms with E-state index < -0.39 is 10.0 Å². The van der Waals surface area contributed by atoms with Gasteiger partial charge in [0.05, 0.1) is 23.4 Å². The number of para-hydroxylation sites is 1. The lowest BCUT2D eigenvalue weighted by Crippen LogP contribution is -2.14. The lowest BCUT2D eigenvalue weighted by atomic mass is 10.1. The van der Waals surface area contributed by atoms with Crippen LogP contribution in [0.2, 0.25) is 0 Å². The zero-order chi connectivity index (χ0) is 19.0. The standard InChI is InChI=1S/C19H19N3O3S2/c1-13-11-14(7-8-18(13)25-2)27(23,24)21-16-6-4-3-5-15(16)17-12-22-9-10-26-19(22)20-17/h3-8,11-12,21H,9-10H2,1-2H3. The fourth-order valence-corrected chi connectivity index (χ4v) is 5.16. The average molecular weight is 402 g/mol. The SMILES string of the molecule is COc1ccc(S(=O)(=O)Nc2ccccc2-c2cn3c(n2)SCC3)cc1C. The maximum absolute atomic E-state index is 12.9. The molecule has 2 heterocycles. The molecule has 4 rings (SSSR count). The van der Waals surface area contributed by atoms with Crippen LogP contribution in [0.15, 0.2) is 58.7 Å². The van der Waals surface area contributed by atoms with Gasteiger partial charge in [-0.1, -0.05) is 30.0 Å². The third kappa shape index (κ3) is 3.42. The number of ether oxygens (including phenoxy) is 1. The van der Waals surface area contributed by atoms with Crippen LogP contribution >= 0.6 is 11.8 Å². The molecule has 0 radical (unpaired) electrons. The van der Waals surface area contributed by atoms with Crippen LogP contribution in [0.25, 0.3) is 11.3 Å². The van der Waals surface area contributed by atoms with Gasteiger partial charge in [-0.05, 0) is 36.8 Å². The van der Waals surface area contributed by atoms with Gasteiger partial charge < -0.3 is 9.30 Å². The lowest BCUT2D eigenvalue weighted by molar-refractivity contribution is 0.411. The van der Waals surface area contributed by atoms with Gasteiger partial charge in [-0.25, -0.2) is 13.4 Å². The summed E-state index contributed by atoms with van der Waals surface area (Å²) < 4.78 is 35.8. The zero-order valence-corrected chi connectivity index (χ0v) is 16.6. The molecule has 140 valence electrons. The Morgan fingerprint density at radius 3 is 2.78 bits per heavy atom. The summed E-state index contributed by atoms with van der Waals surface area (Å²) in [5.41, 5.74) is 2.79. The summed E-state index contributed by atoms with van der Waals surface area (Å²) in [5.74, 6) is 1.67. The number of anilines is 1. The van der Waals surface area contributed by atoms with Crippen LogP contribution < -0.4 is 9.46 Å². The van der Waals surface area contributed by atoms with Crippen molar-refractivity contribution in [1.29, 1.82) is 0 Å². The Morgan fingerprint density at radius 2 is 2.04 bits per heavy atom. The molecule has 1 aliphatic heterocycles. The Balaban J connectivity index is 1.69. The van der Waals surface area contributed by atoms with Gasteiger partial charge in [0, 0.05) is 24.1 Å².